The lowest BCUT2D eigenvalue weighted by atomic mass is 10.1. The van der Waals surface area contributed by atoms with Crippen LogP contribution in [0.5, 0.6) is 0 Å². The van der Waals surface area contributed by atoms with E-state index in [0.717, 1.165) is 5.56 Å². The van der Waals surface area contributed by atoms with E-state index in [4.69, 9.17) is 9.15 Å². The van der Waals surface area contributed by atoms with Crippen LogP contribution in [0.1, 0.15) is 17.3 Å². The number of benzene rings is 1. The van der Waals surface area contributed by atoms with E-state index in [1.165, 1.54) is 0 Å². The summed E-state index contributed by atoms with van der Waals surface area (Å²) in [6, 6.07) is 20.3. The maximum Gasteiger partial charge on any atom is 0.344 e. The lowest BCUT2D eigenvalue weighted by Gasteiger charge is -2.03. The average molecular weight is 344 g/mol. The van der Waals surface area contributed by atoms with E-state index in [9.17, 15) is 9.59 Å². The Hall–Kier alpha value is -3.40. The Morgan fingerprint density at radius 2 is 1.62 bits per heavy atom. The highest BCUT2D eigenvalue weighted by atomic mass is 16.5. The van der Waals surface area contributed by atoms with Gasteiger partial charge in [-0.2, -0.15) is 0 Å². The van der Waals surface area contributed by atoms with E-state index in [-0.39, 0.29) is 6.61 Å². The number of fused-ring (bicyclic) bond motifs is 3. The van der Waals surface area contributed by atoms with Crippen molar-refractivity contribution in [2.45, 2.75) is 6.92 Å². The second-order valence-electron chi connectivity index (χ2n) is 5.89. The monoisotopic (exact) mass is 344 g/mol. The molecule has 0 bridgehead atoms. The molecule has 0 N–H and O–H groups in total. The largest absolute Gasteiger partial charge is 0.462 e. The molecule has 128 valence electrons. The van der Waals surface area contributed by atoms with Gasteiger partial charge in [-0.1, -0.05) is 60.7 Å². The molecule has 0 spiro atoms. The minimum atomic E-state index is -0.465. The summed E-state index contributed by atoms with van der Waals surface area (Å²) in [5.41, 5.74) is 2.07. The molecule has 26 heavy (non-hydrogen) atoms. The molecular formula is C22H16O4. The van der Waals surface area contributed by atoms with Crippen molar-refractivity contribution in [1.29, 1.82) is 0 Å². The van der Waals surface area contributed by atoms with Crippen molar-refractivity contribution in [2.24, 2.45) is 0 Å². The fourth-order valence-electron chi connectivity index (χ4n) is 3.24. The molecule has 0 amide bonds. The van der Waals surface area contributed by atoms with Crippen LogP contribution >= 0.6 is 0 Å². The summed E-state index contributed by atoms with van der Waals surface area (Å²) < 4.78 is 10.8. The molecule has 1 aromatic carbocycles. The lowest BCUT2D eigenvalue weighted by Crippen LogP contribution is -2.05. The number of carbonyl (C=O) groups excluding carboxylic acids is 1. The Morgan fingerprint density at radius 1 is 0.962 bits per heavy atom. The molecule has 4 nitrogen and oxygen atoms in total. The van der Waals surface area contributed by atoms with E-state index in [0.29, 0.717) is 33.2 Å². The van der Waals surface area contributed by atoms with E-state index in [2.05, 4.69) is 0 Å². The van der Waals surface area contributed by atoms with E-state index < -0.39 is 11.6 Å². The number of hydrogen-bond acceptors (Lipinski definition) is 4. The molecule has 2 aliphatic carbocycles. The van der Waals surface area contributed by atoms with Crippen LogP contribution in [0.4, 0.5) is 0 Å². The summed E-state index contributed by atoms with van der Waals surface area (Å²) in [6.07, 6.45) is 0. The van der Waals surface area contributed by atoms with Crippen LogP contribution < -0.4 is 5.63 Å². The number of esters is 1. The van der Waals surface area contributed by atoms with Crippen LogP contribution in [-0.4, -0.2) is 12.6 Å². The Kier molecular flexibility index (Phi) is 4.01. The zero-order valence-electron chi connectivity index (χ0n) is 14.2. The van der Waals surface area contributed by atoms with Gasteiger partial charge in [0.05, 0.1) is 17.6 Å². The molecule has 1 aromatic heterocycles. The van der Waals surface area contributed by atoms with Crippen LogP contribution in [0.3, 0.4) is 0 Å². The van der Waals surface area contributed by atoms with Crippen molar-refractivity contribution < 1.29 is 13.9 Å². The number of ether oxygens (including phenoxy) is 1. The smallest absolute Gasteiger partial charge is 0.344 e. The third-order valence-electron chi connectivity index (χ3n) is 4.34. The van der Waals surface area contributed by atoms with Gasteiger partial charge in [-0.15, -0.1) is 0 Å². The summed E-state index contributed by atoms with van der Waals surface area (Å²) in [5.74, 6) is -0.0170. The van der Waals surface area contributed by atoms with Gasteiger partial charge in [-0.3, -0.25) is 0 Å². The van der Waals surface area contributed by atoms with Crippen molar-refractivity contribution in [3.05, 3.63) is 82.7 Å². The van der Waals surface area contributed by atoms with E-state index in [1.807, 2.05) is 60.7 Å². The minimum absolute atomic E-state index is 0.263. The summed E-state index contributed by atoms with van der Waals surface area (Å²) in [4.78, 5) is 25.4. The molecular weight excluding hydrogens is 328 g/mol. The highest BCUT2D eigenvalue weighted by Crippen LogP contribution is 2.38. The molecule has 0 fully saturated rings. The third-order valence-corrected chi connectivity index (χ3v) is 4.34. The zero-order chi connectivity index (χ0) is 18.1. The van der Waals surface area contributed by atoms with E-state index >= 15 is 0 Å². The summed E-state index contributed by atoms with van der Waals surface area (Å²) in [6.45, 7) is 2.02. The van der Waals surface area contributed by atoms with Crippen LogP contribution in [0.25, 0.3) is 33.2 Å². The fourth-order valence-corrected chi connectivity index (χ4v) is 3.24. The van der Waals surface area contributed by atoms with Crippen LogP contribution in [0.15, 0.2) is 75.9 Å². The molecule has 0 aliphatic heterocycles. The predicted octanol–water partition coefficient (Wildman–Crippen LogP) is 4.74. The van der Waals surface area contributed by atoms with Gasteiger partial charge in [0, 0.05) is 10.9 Å². The molecule has 0 saturated heterocycles. The second-order valence-corrected chi connectivity index (χ2v) is 5.89. The van der Waals surface area contributed by atoms with E-state index in [1.54, 1.807) is 13.0 Å². The van der Waals surface area contributed by atoms with Gasteiger partial charge < -0.3 is 9.15 Å². The Morgan fingerprint density at radius 3 is 2.31 bits per heavy atom. The highest BCUT2D eigenvalue weighted by molar-refractivity contribution is 6.17. The average Bonchev–Trinajstić information content (AvgIpc) is 2.78. The zero-order valence-corrected chi connectivity index (χ0v) is 14.2. The van der Waals surface area contributed by atoms with Crippen molar-refractivity contribution >= 4 is 16.7 Å². The quantitative estimate of drug-likeness (QED) is 0.504. The van der Waals surface area contributed by atoms with Crippen LogP contribution in [0.2, 0.25) is 0 Å². The standard InChI is InChI=1S/C22H16O4/c1-2-25-21(23)19-15-11-7-4-8-12-16(15)20-17(19)13-18(26-22(20)24)14-9-5-3-6-10-14/h3-13H,2H2,1H3. The number of hydrogen-bond donors (Lipinski definition) is 0. The first-order chi connectivity index (χ1) is 12.7. The van der Waals surface area contributed by atoms with Gasteiger partial charge >= 0.3 is 11.6 Å². The summed E-state index contributed by atoms with van der Waals surface area (Å²) in [7, 11) is 0. The molecule has 0 radical (unpaired) electrons. The second kappa shape index (κ2) is 6.48. The summed E-state index contributed by atoms with van der Waals surface area (Å²) in [5, 5.41) is 0.957. The maximum atomic E-state index is 12.8. The predicted molar refractivity (Wildman–Crippen MR) is 100 cm³/mol. The van der Waals surface area contributed by atoms with Gasteiger partial charge in [-0.25, -0.2) is 9.59 Å². The molecule has 2 aliphatic rings. The molecule has 0 saturated carbocycles. The maximum absolute atomic E-state index is 12.8. The van der Waals surface area contributed by atoms with Gasteiger partial charge in [0.25, 0.3) is 0 Å². The van der Waals surface area contributed by atoms with Gasteiger partial charge in [0.1, 0.15) is 5.76 Å². The first kappa shape index (κ1) is 16.1. The van der Waals surface area contributed by atoms with Gasteiger partial charge in [0.2, 0.25) is 0 Å². The third kappa shape index (κ3) is 2.56. The molecule has 4 heteroatoms. The first-order valence-corrected chi connectivity index (χ1v) is 8.42. The molecule has 4 rings (SSSR count). The Bertz CT molecular complexity index is 1130. The van der Waals surface area contributed by atoms with Crippen LogP contribution in [0, 0.1) is 0 Å². The molecule has 0 unspecified atom stereocenters. The minimum Gasteiger partial charge on any atom is -0.462 e. The fraction of sp³-hybridized carbons (Fsp3) is 0.0909. The first-order valence-electron chi connectivity index (χ1n) is 8.42. The normalized spacial score (nSPS) is 11.0. The van der Waals surface area contributed by atoms with Gasteiger partial charge in [-0.05, 0) is 24.1 Å². The molecule has 0 atom stereocenters. The van der Waals surface area contributed by atoms with Crippen molar-refractivity contribution in [1.82, 2.24) is 0 Å². The van der Waals surface area contributed by atoms with Gasteiger partial charge in [0.15, 0.2) is 0 Å². The number of rotatable bonds is 3. The van der Waals surface area contributed by atoms with Crippen molar-refractivity contribution in [2.75, 3.05) is 6.61 Å². The Balaban J connectivity index is 2.11. The van der Waals surface area contributed by atoms with Crippen molar-refractivity contribution in [3.8, 4) is 22.5 Å². The molecule has 1 heterocycles. The van der Waals surface area contributed by atoms with Crippen molar-refractivity contribution in [3.63, 3.8) is 0 Å². The Labute approximate surface area is 150 Å². The molecule has 2 aromatic rings. The summed E-state index contributed by atoms with van der Waals surface area (Å²) >= 11 is 0. The highest BCUT2D eigenvalue weighted by Gasteiger charge is 2.26. The number of carbonyl (C=O) groups is 1. The lowest BCUT2D eigenvalue weighted by molar-refractivity contribution is 0.0530. The topological polar surface area (TPSA) is 56.5 Å². The SMILES string of the molecule is CCOC(=O)c1c2cccccc-2c2c(=O)oc(-c3ccccc3)cc12. The van der Waals surface area contributed by atoms with Crippen LogP contribution in [-0.2, 0) is 4.74 Å².